The zero-order chi connectivity index (χ0) is 14.0. The summed E-state index contributed by atoms with van der Waals surface area (Å²) in [6.07, 6.45) is -1.53. The summed E-state index contributed by atoms with van der Waals surface area (Å²) in [6.45, 7) is 3.36. The average molecular weight is 269 g/mol. The fourth-order valence-corrected chi connectivity index (χ4v) is 2.02. The Balaban J connectivity index is 1.88. The fraction of sp³-hybridized carbons (Fsp3) is 0.357. The van der Waals surface area contributed by atoms with Gasteiger partial charge in [-0.15, -0.1) is 0 Å². The molecule has 102 valence electrons. The van der Waals surface area contributed by atoms with E-state index in [4.69, 9.17) is 0 Å². The summed E-state index contributed by atoms with van der Waals surface area (Å²) in [7, 11) is 0. The maximum Gasteiger partial charge on any atom is 0.416 e. The van der Waals surface area contributed by atoms with Gasteiger partial charge in [0.25, 0.3) is 0 Å². The van der Waals surface area contributed by atoms with Crippen molar-refractivity contribution in [2.24, 2.45) is 5.92 Å². The molecule has 0 bridgehead atoms. The van der Waals surface area contributed by atoms with Crippen LogP contribution in [-0.2, 0) is 17.4 Å². The Hall–Kier alpha value is -1.78. The third kappa shape index (κ3) is 3.59. The summed E-state index contributed by atoms with van der Waals surface area (Å²) in [5.74, 6) is 0.0977. The highest BCUT2D eigenvalue weighted by molar-refractivity contribution is 5.87. The van der Waals surface area contributed by atoms with Crippen molar-refractivity contribution in [2.75, 3.05) is 0 Å². The van der Waals surface area contributed by atoms with E-state index in [-0.39, 0.29) is 11.9 Å². The van der Waals surface area contributed by atoms with Crippen molar-refractivity contribution in [3.8, 4) is 0 Å². The summed E-state index contributed by atoms with van der Waals surface area (Å²) < 4.78 is 37.1. The van der Waals surface area contributed by atoms with Crippen molar-refractivity contribution in [2.45, 2.75) is 25.1 Å². The average Bonchev–Trinajstić information content (AvgIpc) is 3.06. The van der Waals surface area contributed by atoms with E-state index in [0.29, 0.717) is 12.3 Å². The first-order valence-corrected chi connectivity index (χ1v) is 5.99. The number of hydrogen-bond acceptors (Lipinski definition) is 1. The van der Waals surface area contributed by atoms with Crippen molar-refractivity contribution in [3.05, 3.63) is 48.0 Å². The molecule has 1 N–H and O–H groups in total. The number of alkyl halides is 3. The molecule has 1 amide bonds. The second-order valence-corrected chi connectivity index (χ2v) is 4.71. The molecular weight excluding hydrogens is 255 g/mol. The largest absolute Gasteiger partial charge is 0.416 e. The number of rotatable bonds is 4. The number of benzene rings is 1. The van der Waals surface area contributed by atoms with E-state index in [1.807, 2.05) is 0 Å². The van der Waals surface area contributed by atoms with Gasteiger partial charge >= 0.3 is 6.18 Å². The van der Waals surface area contributed by atoms with E-state index >= 15 is 0 Å². The molecule has 0 heterocycles. The standard InChI is InChI=1S/C14H14F3NO/c1-2-13(19)18-12-8-10(12)7-9-3-5-11(6-4-9)14(15,16)17/h2-6,10,12H,1,7-8H2,(H,18,19). The normalized spacial score (nSPS) is 21.8. The quantitative estimate of drug-likeness (QED) is 0.837. The number of halogens is 3. The van der Waals surface area contributed by atoms with Gasteiger partial charge in [0.1, 0.15) is 0 Å². The first-order chi connectivity index (χ1) is 8.90. The summed E-state index contributed by atoms with van der Waals surface area (Å²) >= 11 is 0. The lowest BCUT2D eigenvalue weighted by Gasteiger charge is -2.07. The van der Waals surface area contributed by atoms with E-state index in [2.05, 4.69) is 11.9 Å². The minimum atomic E-state index is -4.29. The molecule has 0 radical (unpaired) electrons. The van der Waals surface area contributed by atoms with Crippen LogP contribution in [-0.4, -0.2) is 11.9 Å². The number of hydrogen-bond donors (Lipinski definition) is 1. The highest BCUT2D eigenvalue weighted by atomic mass is 19.4. The Morgan fingerprint density at radius 1 is 1.37 bits per heavy atom. The molecule has 2 rings (SSSR count). The van der Waals surface area contributed by atoms with Gasteiger partial charge in [-0.05, 0) is 42.5 Å². The molecule has 0 aromatic heterocycles. The zero-order valence-corrected chi connectivity index (χ0v) is 10.2. The molecule has 19 heavy (non-hydrogen) atoms. The highest BCUT2D eigenvalue weighted by Gasteiger charge is 2.37. The van der Waals surface area contributed by atoms with Crippen LogP contribution in [0.5, 0.6) is 0 Å². The van der Waals surface area contributed by atoms with Crippen LogP contribution in [0.4, 0.5) is 13.2 Å². The lowest BCUT2D eigenvalue weighted by Crippen LogP contribution is -2.24. The number of amides is 1. The minimum Gasteiger partial charge on any atom is -0.350 e. The Morgan fingerprint density at radius 3 is 2.53 bits per heavy atom. The van der Waals surface area contributed by atoms with E-state index < -0.39 is 11.7 Å². The van der Waals surface area contributed by atoms with Crippen molar-refractivity contribution in [1.29, 1.82) is 0 Å². The lowest BCUT2D eigenvalue weighted by molar-refractivity contribution is -0.137. The van der Waals surface area contributed by atoms with E-state index in [9.17, 15) is 18.0 Å². The Morgan fingerprint density at radius 2 is 2.00 bits per heavy atom. The van der Waals surface area contributed by atoms with Gasteiger partial charge in [0.2, 0.25) is 5.91 Å². The van der Waals surface area contributed by atoms with E-state index in [0.717, 1.165) is 24.1 Å². The van der Waals surface area contributed by atoms with Crippen LogP contribution in [0.1, 0.15) is 17.5 Å². The molecule has 5 heteroatoms. The molecule has 0 saturated heterocycles. The molecule has 2 unspecified atom stereocenters. The van der Waals surface area contributed by atoms with E-state index in [1.54, 1.807) is 0 Å². The summed E-state index contributed by atoms with van der Waals surface area (Å²) in [5.41, 5.74) is 0.219. The maximum absolute atomic E-state index is 12.4. The molecular formula is C14H14F3NO. The van der Waals surface area contributed by atoms with Crippen LogP contribution >= 0.6 is 0 Å². The smallest absolute Gasteiger partial charge is 0.350 e. The van der Waals surface area contributed by atoms with Gasteiger partial charge < -0.3 is 5.32 Å². The summed E-state index contributed by atoms with van der Waals surface area (Å²) in [5, 5.41) is 2.77. The van der Waals surface area contributed by atoms with Crippen LogP contribution in [0.15, 0.2) is 36.9 Å². The van der Waals surface area contributed by atoms with Crippen LogP contribution in [0.3, 0.4) is 0 Å². The molecule has 1 aromatic rings. The predicted octanol–water partition coefficient (Wildman–Crippen LogP) is 2.94. The zero-order valence-electron chi connectivity index (χ0n) is 10.2. The van der Waals surface area contributed by atoms with Crippen molar-refractivity contribution >= 4 is 5.91 Å². The van der Waals surface area contributed by atoms with Gasteiger partial charge in [-0.3, -0.25) is 4.79 Å². The maximum atomic E-state index is 12.4. The minimum absolute atomic E-state index is 0.118. The second kappa shape index (κ2) is 5.07. The Labute approximate surface area is 109 Å². The highest BCUT2D eigenvalue weighted by Crippen LogP contribution is 2.35. The number of carbonyl (C=O) groups is 1. The SMILES string of the molecule is C=CC(=O)NC1CC1Cc1ccc(C(F)(F)F)cc1. The molecule has 2 atom stereocenters. The molecule has 1 saturated carbocycles. The van der Waals surface area contributed by atoms with Crippen molar-refractivity contribution < 1.29 is 18.0 Å². The number of carbonyl (C=O) groups excluding carboxylic acids is 1. The van der Waals surface area contributed by atoms with Crippen LogP contribution in [0.25, 0.3) is 0 Å². The predicted molar refractivity (Wildman–Crippen MR) is 65.4 cm³/mol. The summed E-state index contributed by atoms with van der Waals surface area (Å²) in [4.78, 5) is 11.1. The first kappa shape index (κ1) is 13.6. The molecule has 0 aliphatic heterocycles. The topological polar surface area (TPSA) is 29.1 Å². The third-order valence-electron chi connectivity index (χ3n) is 3.21. The molecule has 1 aliphatic carbocycles. The molecule has 1 aromatic carbocycles. The molecule has 1 fully saturated rings. The Bertz CT molecular complexity index is 478. The summed E-state index contributed by atoms with van der Waals surface area (Å²) in [6, 6.07) is 5.29. The van der Waals surface area contributed by atoms with Gasteiger partial charge in [0.15, 0.2) is 0 Å². The van der Waals surface area contributed by atoms with E-state index in [1.165, 1.54) is 18.2 Å². The van der Waals surface area contributed by atoms with Gasteiger partial charge in [-0.2, -0.15) is 13.2 Å². The first-order valence-electron chi connectivity index (χ1n) is 5.99. The third-order valence-corrected chi connectivity index (χ3v) is 3.21. The number of nitrogens with one attached hydrogen (secondary N) is 1. The lowest BCUT2D eigenvalue weighted by atomic mass is 10.1. The molecule has 0 spiro atoms. The molecule has 2 nitrogen and oxygen atoms in total. The van der Waals surface area contributed by atoms with Gasteiger partial charge in [0.05, 0.1) is 5.56 Å². The van der Waals surface area contributed by atoms with Crippen molar-refractivity contribution in [1.82, 2.24) is 5.32 Å². The van der Waals surface area contributed by atoms with Crippen LogP contribution in [0, 0.1) is 5.92 Å². The van der Waals surface area contributed by atoms with Gasteiger partial charge in [0, 0.05) is 6.04 Å². The van der Waals surface area contributed by atoms with Crippen LogP contribution in [0.2, 0.25) is 0 Å². The van der Waals surface area contributed by atoms with Crippen molar-refractivity contribution in [3.63, 3.8) is 0 Å². The van der Waals surface area contributed by atoms with Gasteiger partial charge in [-0.1, -0.05) is 18.7 Å². The fourth-order valence-electron chi connectivity index (χ4n) is 2.02. The Kier molecular flexibility index (Phi) is 3.64. The van der Waals surface area contributed by atoms with Gasteiger partial charge in [-0.25, -0.2) is 0 Å². The molecule has 1 aliphatic rings. The van der Waals surface area contributed by atoms with Crippen LogP contribution < -0.4 is 5.32 Å². The monoisotopic (exact) mass is 269 g/mol. The second-order valence-electron chi connectivity index (χ2n) is 4.71.